The molecule has 58 heavy (non-hydrogen) atoms. The van der Waals surface area contributed by atoms with E-state index in [4.69, 9.17) is 18.5 Å². The summed E-state index contributed by atoms with van der Waals surface area (Å²) in [6.45, 7) is 3.91. The van der Waals surface area contributed by atoms with Gasteiger partial charge in [0.15, 0.2) is 6.10 Å². The number of carbonyl (C=O) groups is 2. The van der Waals surface area contributed by atoms with Crippen molar-refractivity contribution in [1.82, 2.24) is 0 Å². The summed E-state index contributed by atoms with van der Waals surface area (Å²) in [5.74, 6) is -1.07. The van der Waals surface area contributed by atoms with Crippen molar-refractivity contribution >= 4 is 19.8 Å². The molecule has 0 spiro atoms. The molecule has 0 aliphatic rings. The van der Waals surface area contributed by atoms with Gasteiger partial charge >= 0.3 is 19.8 Å². The second-order valence-corrected chi connectivity index (χ2v) is 16.8. The van der Waals surface area contributed by atoms with Gasteiger partial charge in [0.1, 0.15) is 19.8 Å². The van der Waals surface area contributed by atoms with E-state index in [0.717, 1.165) is 57.8 Å². The summed E-state index contributed by atoms with van der Waals surface area (Å²) in [6, 6.07) is 0. The van der Waals surface area contributed by atoms with Crippen LogP contribution in [-0.2, 0) is 32.7 Å². The first-order chi connectivity index (χ1) is 27.8. The van der Waals surface area contributed by atoms with Gasteiger partial charge in [0.05, 0.1) is 40.0 Å². The summed E-state index contributed by atoms with van der Waals surface area (Å²) in [5.41, 5.74) is 0. The summed E-state index contributed by atoms with van der Waals surface area (Å²) in [6.07, 6.45) is 39.8. The van der Waals surface area contributed by atoms with Gasteiger partial charge in [0, 0.05) is 12.8 Å². The van der Waals surface area contributed by atoms with Crippen LogP contribution in [0.15, 0.2) is 85.1 Å². The summed E-state index contributed by atoms with van der Waals surface area (Å²) in [5, 5.41) is 20.3. The Balaban J connectivity index is 4.68. The highest BCUT2D eigenvalue weighted by molar-refractivity contribution is 7.47. The molecule has 0 rings (SSSR count). The highest BCUT2D eigenvalue weighted by atomic mass is 31.2. The molecule has 0 bridgehead atoms. The number of hydrogen-bond acceptors (Lipinski definition) is 9. The maximum absolute atomic E-state index is 12.7. The Kier molecular flexibility index (Phi) is 35.3. The Labute approximate surface area is 351 Å². The average Bonchev–Trinajstić information content (AvgIpc) is 3.16. The molecule has 0 aliphatic carbocycles. The van der Waals surface area contributed by atoms with Gasteiger partial charge in [-0.3, -0.25) is 18.6 Å². The van der Waals surface area contributed by atoms with Crippen LogP contribution in [0.4, 0.5) is 0 Å². The maximum Gasteiger partial charge on any atom is 0.472 e. The Hall–Kier alpha value is -2.89. The molecule has 3 N–H and O–H groups in total. The van der Waals surface area contributed by atoms with Crippen LogP contribution in [0.1, 0.15) is 129 Å². The fourth-order valence-electron chi connectivity index (χ4n) is 5.16. The highest BCUT2D eigenvalue weighted by Gasteiger charge is 2.27. The fraction of sp³-hybridized carbons (Fsp3) is 0.652. The van der Waals surface area contributed by atoms with Gasteiger partial charge < -0.3 is 29.1 Å². The van der Waals surface area contributed by atoms with Crippen LogP contribution in [-0.4, -0.2) is 97.3 Å². The van der Waals surface area contributed by atoms with Crippen molar-refractivity contribution < 1.29 is 52.3 Å². The standard InChI is InChI=1S/C46H78NO10P/c1-6-8-10-12-14-15-16-17-18-19-20-21-22-24-30-36-46(51)57-44(41-56-58(52,53)55-39-38-47(3,4)5)40-54-45(50)37-31-35-43(49)34-29-26-25-28-33-42(48)32-27-23-13-11-9-7-2/h8,10,14-15,17-18,23,25-29,33-34,42-44,48-49H,6-7,9,11-13,16,19-22,24,30-32,35-41H2,1-5H3/p+1/b10-8-,15-14-,18-17-,26-25+,27-23-,33-28+,34-29-/t42-,43-,44-/m1/s1. The molecule has 0 saturated carbocycles. The zero-order valence-corrected chi connectivity index (χ0v) is 37.4. The van der Waals surface area contributed by atoms with Gasteiger partial charge in [-0.25, -0.2) is 4.57 Å². The highest BCUT2D eigenvalue weighted by Crippen LogP contribution is 2.43. The molecule has 4 atom stereocenters. The second-order valence-electron chi connectivity index (χ2n) is 15.4. The van der Waals surface area contributed by atoms with Gasteiger partial charge in [-0.2, -0.15) is 0 Å². The lowest BCUT2D eigenvalue weighted by molar-refractivity contribution is -0.870. The smallest absolute Gasteiger partial charge is 0.462 e. The molecule has 0 aromatic heterocycles. The molecule has 0 heterocycles. The number of likely N-dealkylation sites (N-methyl/N-ethyl adjacent to an activating group) is 1. The molecule has 1 unspecified atom stereocenters. The molecule has 0 saturated heterocycles. The maximum atomic E-state index is 12.7. The normalized spacial score (nSPS) is 15.5. The van der Waals surface area contributed by atoms with Gasteiger partial charge in [-0.15, -0.1) is 0 Å². The largest absolute Gasteiger partial charge is 0.472 e. The SMILES string of the molecule is CC/C=C\C/C=C\C/C=C\CCCCCCCC(=O)O[C@H](COC(=O)CCC[C@H](O)\C=C/C=C/C=C/[C@H](O)C/C=C\CCCCC)COP(=O)(O)OCC[N+](C)(C)C. The molecule has 0 fully saturated rings. The molecular formula is C46H79NO10P+. The predicted octanol–water partition coefficient (Wildman–Crippen LogP) is 9.96. The van der Waals surface area contributed by atoms with Gasteiger partial charge in [-0.05, 0) is 70.6 Å². The fourth-order valence-corrected chi connectivity index (χ4v) is 5.90. The number of phosphoric ester groups is 1. The van der Waals surface area contributed by atoms with E-state index in [2.05, 4.69) is 56.4 Å². The first-order valence-electron chi connectivity index (χ1n) is 21.5. The zero-order valence-electron chi connectivity index (χ0n) is 36.5. The van der Waals surface area contributed by atoms with Crippen LogP contribution >= 0.6 is 7.82 Å². The molecule has 11 nitrogen and oxygen atoms in total. The summed E-state index contributed by atoms with van der Waals surface area (Å²) >= 11 is 0. The third kappa shape index (κ3) is 39.9. The number of quaternary nitrogens is 1. The van der Waals surface area contributed by atoms with Crippen molar-refractivity contribution in [2.45, 2.75) is 148 Å². The van der Waals surface area contributed by atoms with E-state index in [9.17, 15) is 29.3 Å². The Morgan fingerprint density at radius 2 is 1.24 bits per heavy atom. The quantitative estimate of drug-likeness (QED) is 0.0138. The summed E-state index contributed by atoms with van der Waals surface area (Å²) in [7, 11) is 1.31. The number of phosphoric acid groups is 1. The second kappa shape index (κ2) is 37.1. The summed E-state index contributed by atoms with van der Waals surface area (Å²) < 4.78 is 34.0. The van der Waals surface area contributed by atoms with Gasteiger partial charge in [0.25, 0.3) is 0 Å². The van der Waals surface area contributed by atoms with Crippen LogP contribution in [0.5, 0.6) is 0 Å². The molecule has 0 aromatic carbocycles. The van der Waals surface area contributed by atoms with Gasteiger partial charge in [0.2, 0.25) is 0 Å². The number of unbranched alkanes of at least 4 members (excludes halogenated alkanes) is 8. The summed E-state index contributed by atoms with van der Waals surface area (Å²) in [4.78, 5) is 35.4. The first-order valence-corrected chi connectivity index (χ1v) is 23.0. The molecule has 0 radical (unpaired) electrons. The number of rotatable bonds is 37. The minimum atomic E-state index is -4.44. The molecule has 332 valence electrons. The average molecular weight is 837 g/mol. The number of aliphatic hydroxyl groups is 2. The van der Waals surface area contributed by atoms with Crippen molar-refractivity contribution in [3.63, 3.8) is 0 Å². The topological polar surface area (TPSA) is 149 Å². The van der Waals surface area contributed by atoms with E-state index < -0.39 is 44.7 Å². The lowest BCUT2D eigenvalue weighted by Crippen LogP contribution is -2.37. The van der Waals surface area contributed by atoms with E-state index in [1.165, 1.54) is 19.3 Å². The number of ether oxygens (including phenoxy) is 2. The van der Waals surface area contributed by atoms with Crippen LogP contribution < -0.4 is 0 Å². The number of allylic oxidation sites excluding steroid dienone is 11. The number of carbonyl (C=O) groups excluding carboxylic acids is 2. The van der Waals surface area contributed by atoms with E-state index in [-0.39, 0.29) is 26.1 Å². The van der Waals surface area contributed by atoms with E-state index in [1.807, 2.05) is 27.2 Å². The Morgan fingerprint density at radius 3 is 1.91 bits per heavy atom. The lowest BCUT2D eigenvalue weighted by atomic mass is 10.1. The van der Waals surface area contributed by atoms with Crippen LogP contribution in [0.25, 0.3) is 0 Å². The van der Waals surface area contributed by atoms with Crippen molar-refractivity contribution in [2.75, 3.05) is 47.5 Å². The van der Waals surface area contributed by atoms with Crippen molar-refractivity contribution in [2.24, 2.45) is 0 Å². The van der Waals surface area contributed by atoms with Crippen LogP contribution in [0.3, 0.4) is 0 Å². The number of nitrogens with zero attached hydrogens (tertiary/aromatic N) is 1. The Morgan fingerprint density at radius 1 is 0.655 bits per heavy atom. The number of hydrogen-bond donors (Lipinski definition) is 3. The molecule has 12 heteroatoms. The van der Waals surface area contributed by atoms with E-state index in [0.29, 0.717) is 36.7 Å². The third-order valence-electron chi connectivity index (χ3n) is 8.60. The van der Waals surface area contributed by atoms with Gasteiger partial charge in [-0.1, -0.05) is 131 Å². The predicted molar refractivity (Wildman–Crippen MR) is 236 cm³/mol. The van der Waals surface area contributed by atoms with Crippen molar-refractivity contribution in [1.29, 1.82) is 0 Å². The monoisotopic (exact) mass is 837 g/mol. The lowest BCUT2D eigenvalue weighted by Gasteiger charge is -2.24. The van der Waals surface area contributed by atoms with E-state index in [1.54, 1.807) is 36.5 Å². The minimum absolute atomic E-state index is 0.0164. The third-order valence-corrected chi connectivity index (χ3v) is 9.58. The molecule has 0 amide bonds. The van der Waals surface area contributed by atoms with Crippen LogP contribution in [0, 0.1) is 0 Å². The minimum Gasteiger partial charge on any atom is -0.462 e. The van der Waals surface area contributed by atoms with Crippen molar-refractivity contribution in [3.8, 4) is 0 Å². The molecule has 0 aromatic rings. The first kappa shape index (κ1) is 55.1. The zero-order chi connectivity index (χ0) is 43.2. The molecular weight excluding hydrogens is 757 g/mol. The number of esters is 2. The van der Waals surface area contributed by atoms with Crippen LogP contribution in [0.2, 0.25) is 0 Å². The van der Waals surface area contributed by atoms with Crippen molar-refractivity contribution in [3.05, 3.63) is 85.1 Å². The number of aliphatic hydroxyl groups excluding tert-OH is 2. The Bertz CT molecular complexity index is 1300. The molecule has 0 aliphatic heterocycles. The van der Waals surface area contributed by atoms with E-state index >= 15 is 0 Å².